The Morgan fingerprint density at radius 2 is 2.33 bits per heavy atom. The SMILES string of the molecule is Cc1nc2cc(C(=O)N[C@@H]3C[C@@H]4CCN(C4)C3)ccc2s1. The molecule has 2 aliphatic rings. The summed E-state index contributed by atoms with van der Waals surface area (Å²) in [4.78, 5) is 19.4. The summed E-state index contributed by atoms with van der Waals surface area (Å²) in [7, 11) is 0. The summed E-state index contributed by atoms with van der Waals surface area (Å²) in [5.41, 5.74) is 1.65. The lowest BCUT2D eigenvalue weighted by atomic mass is 9.96. The van der Waals surface area contributed by atoms with E-state index in [4.69, 9.17) is 0 Å². The van der Waals surface area contributed by atoms with Crippen LogP contribution in [0.5, 0.6) is 0 Å². The van der Waals surface area contributed by atoms with Crippen LogP contribution in [0, 0.1) is 12.8 Å². The van der Waals surface area contributed by atoms with Gasteiger partial charge in [0.2, 0.25) is 0 Å². The Bertz CT molecular complexity index is 684. The van der Waals surface area contributed by atoms with Gasteiger partial charge in [0.25, 0.3) is 5.91 Å². The Labute approximate surface area is 128 Å². The van der Waals surface area contributed by atoms with Crippen LogP contribution in [-0.4, -0.2) is 41.5 Å². The van der Waals surface area contributed by atoms with Gasteiger partial charge >= 0.3 is 0 Å². The van der Waals surface area contributed by atoms with Crippen molar-refractivity contribution in [2.45, 2.75) is 25.8 Å². The van der Waals surface area contributed by atoms with Crippen molar-refractivity contribution >= 4 is 27.5 Å². The van der Waals surface area contributed by atoms with Crippen LogP contribution in [0.1, 0.15) is 28.2 Å². The molecule has 1 N–H and O–H groups in total. The van der Waals surface area contributed by atoms with Crippen molar-refractivity contribution in [2.75, 3.05) is 19.6 Å². The van der Waals surface area contributed by atoms with Crippen molar-refractivity contribution < 1.29 is 4.79 Å². The third-order valence-electron chi connectivity index (χ3n) is 4.56. The Kier molecular flexibility index (Phi) is 3.19. The Morgan fingerprint density at radius 1 is 1.43 bits per heavy atom. The predicted molar refractivity (Wildman–Crippen MR) is 84.8 cm³/mol. The molecule has 21 heavy (non-hydrogen) atoms. The number of rotatable bonds is 2. The molecule has 110 valence electrons. The van der Waals surface area contributed by atoms with E-state index in [2.05, 4.69) is 15.2 Å². The topological polar surface area (TPSA) is 45.2 Å². The first kappa shape index (κ1) is 13.2. The van der Waals surface area contributed by atoms with Gasteiger partial charge in [0, 0.05) is 24.7 Å². The maximum absolute atomic E-state index is 12.4. The quantitative estimate of drug-likeness (QED) is 0.926. The highest BCUT2D eigenvalue weighted by Gasteiger charge is 2.32. The number of fused-ring (bicyclic) bond motifs is 3. The lowest BCUT2D eigenvalue weighted by molar-refractivity contribution is 0.0909. The molecule has 0 saturated carbocycles. The smallest absolute Gasteiger partial charge is 0.251 e. The average molecular weight is 301 g/mol. The van der Waals surface area contributed by atoms with E-state index in [0.29, 0.717) is 6.04 Å². The molecule has 1 amide bonds. The van der Waals surface area contributed by atoms with E-state index in [1.165, 1.54) is 19.5 Å². The molecule has 0 radical (unpaired) electrons. The summed E-state index contributed by atoms with van der Waals surface area (Å²) in [5, 5.41) is 4.24. The number of nitrogens with zero attached hydrogens (tertiary/aromatic N) is 2. The first-order valence-electron chi connectivity index (χ1n) is 7.58. The van der Waals surface area contributed by atoms with Gasteiger partial charge in [0.1, 0.15) is 0 Å². The molecule has 1 aromatic carbocycles. The molecule has 1 aromatic heterocycles. The van der Waals surface area contributed by atoms with Gasteiger partial charge < -0.3 is 10.2 Å². The summed E-state index contributed by atoms with van der Waals surface area (Å²) < 4.78 is 1.14. The van der Waals surface area contributed by atoms with Gasteiger partial charge in [-0.05, 0) is 50.4 Å². The molecular weight excluding hydrogens is 282 g/mol. The molecule has 0 spiro atoms. The first-order chi connectivity index (χ1) is 10.2. The number of nitrogens with one attached hydrogen (secondary N) is 1. The number of hydrogen-bond donors (Lipinski definition) is 1. The summed E-state index contributed by atoms with van der Waals surface area (Å²) in [5.74, 6) is 0.808. The van der Waals surface area contributed by atoms with Gasteiger partial charge in [-0.25, -0.2) is 4.98 Å². The zero-order chi connectivity index (χ0) is 14.4. The van der Waals surface area contributed by atoms with E-state index < -0.39 is 0 Å². The number of carbonyl (C=O) groups excluding carboxylic acids is 1. The molecule has 2 bridgehead atoms. The number of thiazole rings is 1. The van der Waals surface area contributed by atoms with E-state index in [1.54, 1.807) is 11.3 Å². The van der Waals surface area contributed by atoms with Crippen molar-refractivity contribution in [3.8, 4) is 0 Å². The zero-order valence-electron chi connectivity index (χ0n) is 12.1. The van der Waals surface area contributed by atoms with Crippen LogP contribution in [0.4, 0.5) is 0 Å². The number of aryl methyl sites for hydroxylation is 1. The van der Waals surface area contributed by atoms with Crippen LogP contribution in [0.2, 0.25) is 0 Å². The Morgan fingerprint density at radius 3 is 3.19 bits per heavy atom. The van der Waals surface area contributed by atoms with E-state index in [9.17, 15) is 4.79 Å². The van der Waals surface area contributed by atoms with Crippen LogP contribution in [0.3, 0.4) is 0 Å². The summed E-state index contributed by atoms with van der Waals surface area (Å²) >= 11 is 1.67. The second-order valence-corrected chi connectivity index (χ2v) is 7.47. The number of aromatic nitrogens is 1. The maximum atomic E-state index is 12.4. The van der Waals surface area contributed by atoms with Crippen LogP contribution < -0.4 is 5.32 Å². The van der Waals surface area contributed by atoms with Gasteiger partial charge in [-0.15, -0.1) is 11.3 Å². The maximum Gasteiger partial charge on any atom is 0.251 e. The zero-order valence-corrected chi connectivity index (χ0v) is 12.9. The standard InChI is InChI=1S/C16H19N3OS/c1-10-17-14-7-12(2-3-15(14)21-10)16(20)18-13-6-11-4-5-19(8-11)9-13/h2-3,7,11,13H,4-6,8-9H2,1H3,(H,18,20)/t11-,13+/m0/s1. The van der Waals surface area contributed by atoms with E-state index in [1.807, 2.05) is 25.1 Å². The minimum Gasteiger partial charge on any atom is -0.348 e. The second-order valence-electron chi connectivity index (χ2n) is 6.24. The molecule has 2 aliphatic heterocycles. The Hall–Kier alpha value is -1.46. The van der Waals surface area contributed by atoms with Crippen molar-refractivity contribution in [3.05, 3.63) is 28.8 Å². The number of amides is 1. The highest BCUT2D eigenvalue weighted by atomic mass is 32.1. The highest BCUT2D eigenvalue weighted by molar-refractivity contribution is 7.18. The Balaban J connectivity index is 1.50. The summed E-state index contributed by atoms with van der Waals surface area (Å²) in [6.07, 6.45) is 2.41. The van der Waals surface area contributed by atoms with E-state index in [0.717, 1.165) is 39.7 Å². The minimum absolute atomic E-state index is 0.0371. The van der Waals surface area contributed by atoms with Crippen LogP contribution in [-0.2, 0) is 0 Å². The molecule has 5 heteroatoms. The largest absolute Gasteiger partial charge is 0.348 e. The summed E-state index contributed by atoms with van der Waals surface area (Å²) in [6.45, 7) is 5.41. The molecule has 2 aromatic rings. The van der Waals surface area contributed by atoms with Crippen molar-refractivity contribution in [1.82, 2.24) is 15.2 Å². The van der Waals surface area contributed by atoms with Crippen LogP contribution >= 0.6 is 11.3 Å². The molecule has 2 fully saturated rings. The van der Waals surface area contributed by atoms with Crippen molar-refractivity contribution in [2.24, 2.45) is 5.92 Å². The molecule has 1 unspecified atom stereocenters. The number of carbonyl (C=O) groups is 1. The van der Waals surface area contributed by atoms with Gasteiger partial charge in [-0.2, -0.15) is 0 Å². The first-order valence-corrected chi connectivity index (χ1v) is 8.39. The van der Waals surface area contributed by atoms with Gasteiger partial charge in [0.15, 0.2) is 0 Å². The van der Waals surface area contributed by atoms with E-state index in [-0.39, 0.29) is 5.91 Å². The number of benzene rings is 1. The minimum atomic E-state index is 0.0371. The molecule has 2 saturated heterocycles. The number of hydrogen-bond acceptors (Lipinski definition) is 4. The third-order valence-corrected chi connectivity index (χ3v) is 5.51. The van der Waals surface area contributed by atoms with Crippen LogP contribution in [0.15, 0.2) is 18.2 Å². The lowest BCUT2D eigenvalue weighted by Crippen LogP contribution is -2.47. The predicted octanol–water partition coefficient (Wildman–Crippen LogP) is 2.43. The molecule has 0 aliphatic carbocycles. The lowest BCUT2D eigenvalue weighted by Gasteiger charge is -2.30. The average Bonchev–Trinajstić information content (AvgIpc) is 2.99. The molecule has 3 atom stereocenters. The molecule has 4 rings (SSSR count). The second kappa shape index (κ2) is 5.07. The van der Waals surface area contributed by atoms with Crippen molar-refractivity contribution in [1.29, 1.82) is 0 Å². The highest BCUT2D eigenvalue weighted by Crippen LogP contribution is 2.27. The van der Waals surface area contributed by atoms with Gasteiger partial charge in [0.05, 0.1) is 15.2 Å². The van der Waals surface area contributed by atoms with E-state index >= 15 is 0 Å². The van der Waals surface area contributed by atoms with Gasteiger partial charge in [-0.3, -0.25) is 4.79 Å². The molecule has 3 heterocycles. The molecule has 4 nitrogen and oxygen atoms in total. The molecular formula is C16H19N3OS. The van der Waals surface area contributed by atoms with Crippen molar-refractivity contribution in [3.63, 3.8) is 0 Å². The fraction of sp³-hybridized carbons (Fsp3) is 0.500. The number of piperidine rings is 1. The fourth-order valence-corrected chi connectivity index (χ4v) is 4.42. The van der Waals surface area contributed by atoms with Crippen LogP contribution in [0.25, 0.3) is 10.2 Å². The normalized spacial score (nSPS) is 28.0. The third kappa shape index (κ3) is 2.56. The monoisotopic (exact) mass is 301 g/mol. The summed E-state index contributed by atoms with van der Waals surface area (Å²) in [6, 6.07) is 6.12. The fourth-order valence-electron chi connectivity index (χ4n) is 3.62. The van der Waals surface area contributed by atoms with Gasteiger partial charge in [-0.1, -0.05) is 0 Å².